The lowest BCUT2D eigenvalue weighted by molar-refractivity contribution is 0.262. The Morgan fingerprint density at radius 3 is 2.73 bits per heavy atom. The molecule has 1 aromatic carbocycles. The molecule has 0 saturated carbocycles. The minimum atomic E-state index is -0.278. The number of carbonyl (C=O) groups excluding carboxylic acids is 1. The van der Waals surface area contributed by atoms with E-state index in [2.05, 4.69) is 20.8 Å². The number of aryl methyl sites for hydroxylation is 2. The van der Waals surface area contributed by atoms with E-state index in [9.17, 15) is 4.79 Å². The summed E-state index contributed by atoms with van der Waals surface area (Å²) in [5.41, 5.74) is 3.26. The van der Waals surface area contributed by atoms with Gasteiger partial charge in [0.05, 0.1) is 5.69 Å². The molecule has 0 aliphatic rings. The number of carbonyl (C=O) groups is 1. The van der Waals surface area contributed by atoms with Gasteiger partial charge in [0, 0.05) is 18.3 Å². The van der Waals surface area contributed by atoms with Gasteiger partial charge >= 0.3 is 6.03 Å². The van der Waals surface area contributed by atoms with Crippen LogP contribution in [-0.4, -0.2) is 20.6 Å². The van der Waals surface area contributed by atoms with E-state index in [1.54, 1.807) is 6.07 Å². The van der Waals surface area contributed by atoms with Crippen LogP contribution in [-0.2, 0) is 6.42 Å². The lowest BCUT2D eigenvalue weighted by atomic mass is 10.2. The summed E-state index contributed by atoms with van der Waals surface area (Å²) >= 11 is 0. The van der Waals surface area contributed by atoms with E-state index in [0.717, 1.165) is 29.1 Å². The Labute approximate surface area is 128 Å². The molecule has 3 rings (SSSR count). The second kappa shape index (κ2) is 5.85. The van der Waals surface area contributed by atoms with Crippen LogP contribution in [0.5, 0.6) is 0 Å². The maximum Gasteiger partial charge on any atom is 0.323 e. The van der Waals surface area contributed by atoms with Crippen molar-refractivity contribution < 1.29 is 4.79 Å². The number of nitrogens with one attached hydrogen (secondary N) is 2. The van der Waals surface area contributed by atoms with E-state index >= 15 is 0 Å². The molecule has 2 amide bonds. The number of anilines is 2. The molecule has 6 nitrogen and oxygen atoms in total. The van der Waals surface area contributed by atoms with Crippen LogP contribution in [0.25, 0.3) is 5.65 Å². The molecule has 22 heavy (non-hydrogen) atoms. The molecule has 0 saturated heterocycles. The predicted octanol–water partition coefficient (Wildman–Crippen LogP) is 3.24. The highest BCUT2D eigenvalue weighted by atomic mass is 16.2. The fourth-order valence-corrected chi connectivity index (χ4v) is 2.25. The Hall–Kier alpha value is -2.89. The van der Waals surface area contributed by atoms with Crippen molar-refractivity contribution in [2.45, 2.75) is 20.3 Å². The molecule has 6 heteroatoms. The first-order valence-corrected chi connectivity index (χ1v) is 7.14. The number of amides is 2. The quantitative estimate of drug-likeness (QED) is 0.779. The normalized spacial score (nSPS) is 10.6. The van der Waals surface area contributed by atoms with Crippen molar-refractivity contribution in [3.05, 3.63) is 54.0 Å². The Morgan fingerprint density at radius 1 is 1.14 bits per heavy atom. The van der Waals surface area contributed by atoms with Crippen LogP contribution in [0.3, 0.4) is 0 Å². The molecule has 3 aromatic rings. The van der Waals surface area contributed by atoms with Crippen LogP contribution in [0.15, 0.2) is 42.6 Å². The largest absolute Gasteiger partial charge is 0.323 e. The molecular weight excluding hydrogens is 278 g/mol. The first kappa shape index (κ1) is 14.1. The average Bonchev–Trinajstić information content (AvgIpc) is 2.92. The zero-order chi connectivity index (χ0) is 15.5. The zero-order valence-corrected chi connectivity index (χ0v) is 12.5. The van der Waals surface area contributed by atoms with Crippen molar-refractivity contribution in [1.29, 1.82) is 0 Å². The summed E-state index contributed by atoms with van der Waals surface area (Å²) < 4.78 is 1.88. The molecule has 2 aromatic heterocycles. The standard InChI is InChI=1S/C16H17N5O/c1-3-14-19-20-15-9-8-12(10-21(14)15)17-16(22)18-13-7-5-4-6-11(13)2/h4-10H,3H2,1-2H3,(H2,17,18,22). The Kier molecular flexibility index (Phi) is 3.74. The van der Waals surface area contributed by atoms with Crippen molar-refractivity contribution in [2.75, 3.05) is 10.6 Å². The molecule has 0 spiro atoms. The molecule has 0 fully saturated rings. The number of hydrogen-bond donors (Lipinski definition) is 2. The Bertz CT molecular complexity index is 824. The summed E-state index contributed by atoms with van der Waals surface area (Å²) in [7, 11) is 0. The second-order valence-electron chi connectivity index (χ2n) is 5.01. The van der Waals surface area contributed by atoms with Gasteiger partial charge < -0.3 is 10.6 Å². The summed E-state index contributed by atoms with van der Waals surface area (Å²) in [6.45, 7) is 3.97. The van der Waals surface area contributed by atoms with E-state index in [-0.39, 0.29) is 6.03 Å². The monoisotopic (exact) mass is 295 g/mol. The predicted molar refractivity (Wildman–Crippen MR) is 86.2 cm³/mol. The number of fused-ring (bicyclic) bond motifs is 1. The van der Waals surface area contributed by atoms with E-state index in [0.29, 0.717) is 5.69 Å². The molecule has 0 aliphatic carbocycles. The summed E-state index contributed by atoms with van der Waals surface area (Å²) in [6.07, 6.45) is 2.60. The van der Waals surface area contributed by atoms with Gasteiger partial charge in [0.1, 0.15) is 5.82 Å². The van der Waals surface area contributed by atoms with Crippen molar-refractivity contribution in [2.24, 2.45) is 0 Å². The molecule has 0 aliphatic heterocycles. The zero-order valence-electron chi connectivity index (χ0n) is 12.5. The van der Waals surface area contributed by atoms with Gasteiger partial charge in [0.2, 0.25) is 0 Å². The summed E-state index contributed by atoms with van der Waals surface area (Å²) in [5.74, 6) is 0.859. The van der Waals surface area contributed by atoms with Gasteiger partial charge in [-0.15, -0.1) is 10.2 Å². The van der Waals surface area contributed by atoms with Crippen LogP contribution in [0, 0.1) is 6.92 Å². The molecule has 2 N–H and O–H groups in total. The van der Waals surface area contributed by atoms with Gasteiger partial charge in [0.25, 0.3) is 0 Å². The number of rotatable bonds is 3. The number of nitrogens with zero attached hydrogens (tertiary/aromatic N) is 3. The molecule has 112 valence electrons. The number of hydrogen-bond acceptors (Lipinski definition) is 3. The van der Waals surface area contributed by atoms with Crippen molar-refractivity contribution in [3.63, 3.8) is 0 Å². The highest BCUT2D eigenvalue weighted by Gasteiger charge is 2.07. The molecular formula is C16H17N5O. The highest BCUT2D eigenvalue weighted by Crippen LogP contribution is 2.15. The van der Waals surface area contributed by atoms with Crippen LogP contribution in [0.2, 0.25) is 0 Å². The molecule has 0 atom stereocenters. The first-order valence-electron chi connectivity index (χ1n) is 7.14. The van der Waals surface area contributed by atoms with Crippen LogP contribution in [0.1, 0.15) is 18.3 Å². The SMILES string of the molecule is CCc1nnc2ccc(NC(=O)Nc3ccccc3C)cn12. The minimum Gasteiger partial charge on any atom is -0.307 e. The minimum absolute atomic E-state index is 0.278. The molecule has 0 unspecified atom stereocenters. The van der Waals surface area contributed by atoms with E-state index < -0.39 is 0 Å². The van der Waals surface area contributed by atoms with Crippen molar-refractivity contribution in [1.82, 2.24) is 14.6 Å². The number of pyridine rings is 1. The maximum absolute atomic E-state index is 12.1. The van der Waals surface area contributed by atoms with Crippen LogP contribution >= 0.6 is 0 Å². The molecule has 0 radical (unpaired) electrons. The number of urea groups is 1. The van der Waals surface area contributed by atoms with Gasteiger partial charge in [-0.3, -0.25) is 4.40 Å². The van der Waals surface area contributed by atoms with E-state index in [4.69, 9.17) is 0 Å². The average molecular weight is 295 g/mol. The van der Waals surface area contributed by atoms with Crippen molar-refractivity contribution in [3.8, 4) is 0 Å². The van der Waals surface area contributed by atoms with E-state index in [1.165, 1.54) is 0 Å². The third-order valence-electron chi connectivity index (χ3n) is 3.44. The van der Waals surface area contributed by atoms with Crippen LogP contribution in [0.4, 0.5) is 16.2 Å². The third kappa shape index (κ3) is 2.76. The smallest absolute Gasteiger partial charge is 0.307 e. The van der Waals surface area contributed by atoms with Gasteiger partial charge in [0.15, 0.2) is 5.65 Å². The Morgan fingerprint density at radius 2 is 1.95 bits per heavy atom. The lowest BCUT2D eigenvalue weighted by Crippen LogP contribution is -2.20. The number of benzene rings is 1. The first-order chi connectivity index (χ1) is 10.7. The van der Waals surface area contributed by atoms with Gasteiger partial charge in [-0.25, -0.2) is 4.79 Å². The summed E-state index contributed by atoms with van der Waals surface area (Å²) in [6, 6.07) is 11.0. The van der Waals surface area contributed by atoms with Gasteiger partial charge in [-0.05, 0) is 30.7 Å². The third-order valence-corrected chi connectivity index (χ3v) is 3.44. The topological polar surface area (TPSA) is 71.3 Å². The highest BCUT2D eigenvalue weighted by molar-refractivity contribution is 6.00. The van der Waals surface area contributed by atoms with Gasteiger partial charge in [-0.1, -0.05) is 25.1 Å². The van der Waals surface area contributed by atoms with E-state index in [1.807, 2.05) is 54.8 Å². The van der Waals surface area contributed by atoms with Crippen molar-refractivity contribution >= 4 is 23.1 Å². The number of para-hydroxylation sites is 1. The summed E-state index contributed by atoms with van der Waals surface area (Å²) in [5, 5.41) is 13.8. The fourth-order valence-electron chi connectivity index (χ4n) is 2.25. The second-order valence-corrected chi connectivity index (χ2v) is 5.01. The van der Waals surface area contributed by atoms with Crippen LogP contribution < -0.4 is 10.6 Å². The number of aromatic nitrogens is 3. The van der Waals surface area contributed by atoms with Gasteiger partial charge in [-0.2, -0.15) is 0 Å². The lowest BCUT2D eigenvalue weighted by Gasteiger charge is -2.10. The Balaban J connectivity index is 1.78. The molecule has 2 heterocycles. The maximum atomic E-state index is 12.1. The summed E-state index contributed by atoms with van der Waals surface area (Å²) in [4.78, 5) is 12.1. The molecule has 0 bridgehead atoms. The fraction of sp³-hybridized carbons (Fsp3) is 0.188.